The zero-order valence-corrected chi connectivity index (χ0v) is 19.9. The molecule has 0 saturated carbocycles. The number of hydrogen-bond acceptors (Lipinski definition) is 6. The lowest BCUT2D eigenvalue weighted by atomic mass is 10.2. The van der Waals surface area contributed by atoms with Gasteiger partial charge in [-0.15, -0.1) is 0 Å². The second kappa shape index (κ2) is 10.2. The molecule has 0 atom stereocenters. The summed E-state index contributed by atoms with van der Waals surface area (Å²) in [5.74, 6) is -0.191. The number of alkyl halides is 3. The Morgan fingerprint density at radius 1 is 1.25 bits per heavy atom. The number of aliphatic imine (C=N–C) groups is 1. The van der Waals surface area contributed by atoms with Crippen LogP contribution in [0.2, 0.25) is 10.0 Å². The fraction of sp³-hybridized carbons (Fsp3) is 0.389. The molecule has 32 heavy (non-hydrogen) atoms. The Labute approximate surface area is 192 Å². The van der Waals surface area contributed by atoms with Crippen molar-refractivity contribution in [2.75, 3.05) is 27.3 Å². The maximum absolute atomic E-state index is 13.5. The standard InChI is InChI=1S/C18H19Cl2F3N5O3P/c1-5-30-32(29,31-6-2)16-14(9-24)26-28(17(16)25-10-27(3)4)15-12(19)7-11(8-13(15)20)18(21,22)23/h7-8,10H,5-6H2,1-4H3/b25-10+. The summed E-state index contributed by atoms with van der Waals surface area (Å²) in [5.41, 5.74) is -1.63. The summed E-state index contributed by atoms with van der Waals surface area (Å²) in [7, 11) is -0.792. The van der Waals surface area contributed by atoms with Crippen molar-refractivity contribution in [2.45, 2.75) is 20.0 Å². The smallest absolute Gasteiger partial charge is 0.369 e. The first-order chi connectivity index (χ1) is 14.9. The Hall–Kier alpha value is -2.09. The third-order valence-electron chi connectivity index (χ3n) is 3.78. The monoisotopic (exact) mass is 511 g/mol. The zero-order valence-electron chi connectivity index (χ0n) is 17.4. The molecule has 0 aliphatic carbocycles. The van der Waals surface area contributed by atoms with E-state index in [1.54, 1.807) is 34.0 Å². The molecule has 2 aromatic rings. The van der Waals surface area contributed by atoms with Gasteiger partial charge in [0.25, 0.3) is 0 Å². The molecule has 1 aromatic carbocycles. The van der Waals surface area contributed by atoms with E-state index >= 15 is 0 Å². The number of halogens is 5. The Kier molecular flexibility index (Phi) is 8.37. The molecular weight excluding hydrogens is 493 g/mol. The highest BCUT2D eigenvalue weighted by atomic mass is 35.5. The topological polar surface area (TPSA) is 92.7 Å². The number of aromatic nitrogens is 2. The van der Waals surface area contributed by atoms with E-state index in [9.17, 15) is 23.0 Å². The van der Waals surface area contributed by atoms with Gasteiger partial charge < -0.3 is 13.9 Å². The van der Waals surface area contributed by atoms with Gasteiger partial charge in [0.15, 0.2) is 11.5 Å². The van der Waals surface area contributed by atoms with Crippen LogP contribution < -0.4 is 5.30 Å². The number of hydrogen-bond donors (Lipinski definition) is 0. The van der Waals surface area contributed by atoms with Gasteiger partial charge in [-0.05, 0) is 26.0 Å². The molecule has 0 radical (unpaired) electrons. The van der Waals surface area contributed by atoms with E-state index in [1.165, 1.54) is 11.2 Å². The van der Waals surface area contributed by atoms with Gasteiger partial charge >= 0.3 is 13.8 Å². The van der Waals surface area contributed by atoms with Crippen molar-refractivity contribution in [3.8, 4) is 11.8 Å². The molecule has 0 amide bonds. The van der Waals surface area contributed by atoms with Crippen molar-refractivity contribution in [2.24, 2.45) is 4.99 Å². The molecule has 0 N–H and O–H groups in total. The van der Waals surface area contributed by atoms with Gasteiger partial charge in [-0.2, -0.15) is 23.5 Å². The van der Waals surface area contributed by atoms with Crippen molar-refractivity contribution in [3.05, 3.63) is 33.4 Å². The summed E-state index contributed by atoms with van der Waals surface area (Å²) < 4.78 is 64.6. The van der Waals surface area contributed by atoms with Crippen LogP contribution in [0.5, 0.6) is 0 Å². The molecule has 14 heteroatoms. The average Bonchev–Trinajstić information content (AvgIpc) is 3.04. The van der Waals surface area contributed by atoms with E-state index < -0.39 is 29.4 Å². The summed E-state index contributed by atoms with van der Waals surface area (Å²) in [6, 6.07) is 3.13. The highest BCUT2D eigenvalue weighted by molar-refractivity contribution is 7.62. The van der Waals surface area contributed by atoms with Crippen molar-refractivity contribution < 1.29 is 26.8 Å². The summed E-state index contributed by atoms with van der Waals surface area (Å²) >= 11 is 12.3. The average molecular weight is 512 g/mol. The molecule has 0 bridgehead atoms. The predicted octanol–water partition coefficient (Wildman–Crippen LogP) is 5.18. The van der Waals surface area contributed by atoms with Gasteiger partial charge in [0.05, 0.1) is 35.2 Å². The second-order valence-corrected chi connectivity index (χ2v) is 9.14. The molecule has 1 aromatic heterocycles. The highest BCUT2D eigenvalue weighted by Gasteiger charge is 2.39. The maximum Gasteiger partial charge on any atom is 0.416 e. The first kappa shape index (κ1) is 26.2. The van der Waals surface area contributed by atoms with Crippen molar-refractivity contribution >= 4 is 48.3 Å². The molecule has 1 heterocycles. The van der Waals surface area contributed by atoms with Gasteiger partial charge in [0.1, 0.15) is 17.1 Å². The molecule has 0 unspecified atom stereocenters. The summed E-state index contributed by atoms with van der Waals surface area (Å²) in [6.45, 7) is 3.11. The lowest BCUT2D eigenvalue weighted by molar-refractivity contribution is -0.137. The third kappa shape index (κ3) is 5.45. The summed E-state index contributed by atoms with van der Waals surface area (Å²) in [6.07, 6.45) is -3.38. The molecule has 0 aliphatic heterocycles. The van der Waals surface area contributed by atoms with Crippen LogP contribution in [0.3, 0.4) is 0 Å². The highest BCUT2D eigenvalue weighted by Crippen LogP contribution is 2.51. The largest absolute Gasteiger partial charge is 0.416 e. The first-order valence-corrected chi connectivity index (χ1v) is 11.4. The molecule has 0 fully saturated rings. The van der Waals surface area contributed by atoms with Crippen LogP contribution in [-0.4, -0.2) is 48.3 Å². The Morgan fingerprint density at radius 3 is 2.19 bits per heavy atom. The zero-order chi connectivity index (χ0) is 24.3. The Bertz CT molecular complexity index is 1080. The van der Waals surface area contributed by atoms with Crippen LogP contribution in [0.1, 0.15) is 25.1 Å². The minimum absolute atomic E-state index is 0.0219. The van der Waals surface area contributed by atoms with E-state index in [4.69, 9.17) is 32.2 Å². The second-order valence-electron chi connectivity index (χ2n) is 6.37. The van der Waals surface area contributed by atoms with Gasteiger partial charge in [-0.1, -0.05) is 23.2 Å². The van der Waals surface area contributed by atoms with Crippen LogP contribution >= 0.6 is 30.8 Å². The minimum Gasteiger partial charge on any atom is -0.369 e. The van der Waals surface area contributed by atoms with Crippen molar-refractivity contribution in [3.63, 3.8) is 0 Å². The number of nitriles is 1. The van der Waals surface area contributed by atoms with Crippen LogP contribution in [-0.2, 0) is 19.8 Å². The minimum atomic E-state index is -4.69. The van der Waals surface area contributed by atoms with Gasteiger partial charge in [0.2, 0.25) is 0 Å². The van der Waals surface area contributed by atoms with Crippen molar-refractivity contribution in [1.29, 1.82) is 5.26 Å². The summed E-state index contributed by atoms with van der Waals surface area (Å²) in [5, 5.41) is 12.6. The quantitative estimate of drug-likeness (QED) is 0.275. The molecule has 8 nitrogen and oxygen atoms in total. The van der Waals surface area contributed by atoms with Crippen LogP contribution in [0.15, 0.2) is 17.1 Å². The predicted molar refractivity (Wildman–Crippen MR) is 116 cm³/mol. The molecule has 2 rings (SSSR count). The van der Waals surface area contributed by atoms with Gasteiger partial charge in [-0.3, -0.25) is 4.57 Å². The SMILES string of the molecule is CCOP(=O)(OCC)c1c(C#N)nn(-c2c(Cl)cc(C(F)(F)F)cc2Cl)c1/N=C/N(C)C. The Balaban J connectivity index is 2.93. The fourth-order valence-corrected chi connectivity index (χ4v) is 5.02. The molecule has 174 valence electrons. The molecule has 0 aliphatic rings. The van der Waals surface area contributed by atoms with Crippen LogP contribution in [0, 0.1) is 11.3 Å². The lowest BCUT2D eigenvalue weighted by Gasteiger charge is -2.17. The number of rotatable bonds is 8. The van der Waals surface area contributed by atoms with Crippen LogP contribution in [0.25, 0.3) is 5.69 Å². The summed E-state index contributed by atoms with van der Waals surface area (Å²) in [4.78, 5) is 5.75. The van der Waals surface area contributed by atoms with E-state index in [2.05, 4.69) is 10.1 Å². The molecule has 0 saturated heterocycles. The van der Waals surface area contributed by atoms with E-state index in [1.807, 2.05) is 0 Å². The van der Waals surface area contributed by atoms with E-state index in [0.29, 0.717) is 12.1 Å². The van der Waals surface area contributed by atoms with Gasteiger partial charge in [0, 0.05) is 14.1 Å². The van der Waals surface area contributed by atoms with Crippen LogP contribution in [0.4, 0.5) is 19.0 Å². The third-order valence-corrected chi connectivity index (χ3v) is 6.51. The molecular formula is C18H19Cl2F3N5O3P. The maximum atomic E-state index is 13.5. The van der Waals surface area contributed by atoms with E-state index in [0.717, 1.165) is 4.68 Å². The van der Waals surface area contributed by atoms with E-state index in [-0.39, 0.29) is 35.7 Å². The fourth-order valence-electron chi connectivity index (χ4n) is 2.61. The first-order valence-electron chi connectivity index (χ1n) is 9.09. The van der Waals surface area contributed by atoms with Gasteiger partial charge in [-0.25, -0.2) is 9.67 Å². The van der Waals surface area contributed by atoms with Crippen molar-refractivity contribution in [1.82, 2.24) is 14.7 Å². The normalized spacial score (nSPS) is 12.4. The Morgan fingerprint density at radius 2 is 1.78 bits per heavy atom. The number of nitrogens with zero attached hydrogens (tertiary/aromatic N) is 5. The lowest BCUT2D eigenvalue weighted by Crippen LogP contribution is -2.15. The number of benzene rings is 1. The molecule has 0 spiro atoms.